The van der Waals surface area contributed by atoms with Gasteiger partial charge in [0.1, 0.15) is 12.4 Å². The topological polar surface area (TPSA) is 39.7 Å². The van der Waals surface area contributed by atoms with Gasteiger partial charge in [0.25, 0.3) is 0 Å². The summed E-state index contributed by atoms with van der Waals surface area (Å²) in [6, 6.07) is 21.6. The Morgan fingerprint density at radius 1 is 0.786 bits per heavy atom. The predicted octanol–water partition coefficient (Wildman–Crippen LogP) is 5.23. The quantitative estimate of drug-likeness (QED) is 0.537. The van der Waals surface area contributed by atoms with E-state index in [4.69, 9.17) is 25.8 Å². The van der Waals surface area contributed by atoms with E-state index in [1.54, 1.807) is 14.2 Å². The van der Waals surface area contributed by atoms with Crippen molar-refractivity contribution in [1.82, 2.24) is 5.32 Å². The minimum atomic E-state index is 0.380. The molecule has 0 aliphatic carbocycles. The van der Waals surface area contributed by atoms with Gasteiger partial charge in [-0.1, -0.05) is 54.1 Å². The summed E-state index contributed by atoms with van der Waals surface area (Å²) in [4.78, 5) is 0. The van der Waals surface area contributed by atoms with Crippen LogP contribution in [0.25, 0.3) is 0 Å². The lowest BCUT2D eigenvalue weighted by molar-refractivity contribution is 0.280. The van der Waals surface area contributed by atoms with E-state index in [1.165, 1.54) is 5.56 Å². The smallest absolute Gasteiger partial charge is 0.166 e. The van der Waals surface area contributed by atoms with Gasteiger partial charge in [-0.15, -0.1) is 0 Å². The Morgan fingerprint density at radius 2 is 1.54 bits per heavy atom. The highest BCUT2D eigenvalue weighted by atomic mass is 35.5. The molecule has 0 unspecified atom stereocenters. The van der Waals surface area contributed by atoms with E-state index in [0.29, 0.717) is 23.9 Å². The van der Waals surface area contributed by atoms with Gasteiger partial charge in [0.05, 0.1) is 14.2 Å². The summed E-state index contributed by atoms with van der Waals surface area (Å²) in [6.07, 6.45) is 0. The molecule has 28 heavy (non-hydrogen) atoms. The SMILES string of the molecule is COc1ccc(CNCc2cccc(OC)c2OCc2ccccc2Cl)cc1. The van der Waals surface area contributed by atoms with Gasteiger partial charge in [-0.25, -0.2) is 0 Å². The zero-order valence-corrected chi connectivity index (χ0v) is 16.8. The highest BCUT2D eigenvalue weighted by molar-refractivity contribution is 6.31. The number of hydrogen-bond donors (Lipinski definition) is 1. The Kier molecular flexibility index (Phi) is 7.18. The molecule has 0 atom stereocenters. The Morgan fingerprint density at radius 3 is 2.25 bits per heavy atom. The lowest BCUT2D eigenvalue weighted by Gasteiger charge is -2.16. The van der Waals surface area contributed by atoms with Gasteiger partial charge in [0.15, 0.2) is 11.5 Å². The number of nitrogens with one attached hydrogen (secondary N) is 1. The minimum Gasteiger partial charge on any atom is -0.497 e. The number of benzene rings is 3. The largest absolute Gasteiger partial charge is 0.497 e. The predicted molar refractivity (Wildman–Crippen MR) is 112 cm³/mol. The molecule has 5 heteroatoms. The zero-order valence-electron chi connectivity index (χ0n) is 16.1. The van der Waals surface area contributed by atoms with E-state index in [-0.39, 0.29) is 0 Å². The molecule has 1 N–H and O–H groups in total. The van der Waals surface area contributed by atoms with Crippen LogP contribution in [-0.2, 0) is 19.7 Å². The van der Waals surface area contributed by atoms with Gasteiger partial charge < -0.3 is 19.5 Å². The molecule has 3 aromatic carbocycles. The second kappa shape index (κ2) is 10.0. The van der Waals surface area contributed by atoms with Crippen LogP contribution in [0.15, 0.2) is 66.7 Å². The number of hydrogen-bond acceptors (Lipinski definition) is 4. The molecule has 0 spiro atoms. The molecule has 0 fully saturated rings. The van der Waals surface area contributed by atoms with Crippen molar-refractivity contribution >= 4 is 11.6 Å². The molecule has 0 aromatic heterocycles. The first kappa shape index (κ1) is 20.1. The van der Waals surface area contributed by atoms with Crippen LogP contribution >= 0.6 is 11.6 Å². The Bertz CT molecular complexity index is 897. The molecule has 3 aromatic rings. The van der Waals surface area contributed by atoms with Crippen molar-refractivity contribution in [2.45, 2.75) is 19.7 Å². The number of methoxy groups -OCH3 is 2. The monoisotopic (exact) mass is 397 g/mol. The molecule has 0 saturated carbocycles. The number of para-hydroxylation sites is 1. The molecule has 0 bridgehead atoms. The second-order valence-corrected chi connectivity index (χ2v) is 6.69. The van der Waals surface area contributed by atoms with Crippen molar-refractivity contribution in [3.05, 3.63) is 88.4 Å². The fourth-order valence-corrected chi connectivity index (χ4v) is 3.07. The maximum absolute atomic E-state index is 6.24. The Hall–Kier alpha value is -2.69. The molecule has 0 radical (unpaired) electrons. The van der Waals surface area contributed by atoms with Crippen LogP contribution < -0.4 is 19.5 Å². The van der Waals surface area contributed by atoms with Crippen LogP contribution in [0.1, 0.15) is 16.7 Å². The summed E-state index contributed by atoms with van der Waals surface area (Å²) in [5, 5.41) is 4.15. The van der Waals surface area contributed by atoms with Crippen molar-refractivity contribution in [1.29, 1.82) is 0 Å². The average molecular weight is 398 g/mol. The second-order valence-electron chi connectivity index (χ2n) is 6.28. The standard InChI is InChI=1S/C23H24ClNO3/c1-26-20-12-10-17(11-13-20)14-25-15-18-7-5-9-22(27-2)23(18)28-16-19-6-3-4-8-21(19)24/h3-13,25H,14-16H2,1-2H3. The van der Waals surface area contributed by atoms with E-state index >= 15 is 0 Å². The molecular weight excluding hydrogens is 374 g/mol. The normalized spacial score (nSPS) is 10.5. The summed E-state index contributed by atoms with van der Waals surface area (Å²) >= 11 is 6.24. The van der Waals surface area contributed by atoms with Crippen LogP contribution in [0.2, 0.25) is 5.02 Å². The van der Waals surface area contributed by atoms with Crippen molar-refractivity contribution in [2.75, 3.05) is 14.2 Å². The lowest BCUT2D eigenvalue weighted by Crippen LogP contribution is -2.14. The third kappa shape index (κ3) is 5.18. The first-order valence-corrected chi connectivity index (χ1v) is 9.44. The first-order valence-electron chi connectivity index (χ1n) is 9.07. The van der Waals surface area contributed by atoms with Crippen LogP contribution in [-0.4, -0.2) is 14.2 Å². The fraction of sp³-hybridized carbons (Fsp3) is 0.217. The van der Waals surface area contributed by atoms with E-state index in [9.17, 15) is 0 Å². The van der Waals surface area contributed by atoms with Gasteiger partial charge in [0.2, 0.25) is 0 Å². The van der Waals surface area contributed by atoms with Crippen molar-refractivity contribution in [3.8, 4) is 17.2 Å². The van der Waals surface area contributed by atoms with Gasteiger partial charge in [-0.3, -0.25) is 0 Å². The molecule has 146 valence electrons. The van der Waals surface area contributed by atoms with E-state index in [1.807, 2.05) is 66.7 Å². The highest BCUT2D eigenvalue weighted by Gasteiger charge is 2.11. The van der Waals surface area contributed by atoms with Crippen LogP contribution in [0.3, 0.4) is 0 Å². The lowest BCUT2D eigenvalue weighted by atomic mass is 10.1. The summed E-state index contributed by atoms with van der Waals surface area (Å²) in [6.45, 7) is 1.78. The van der Waals surface area contributed by atoms with E-state index < -0.39 is 0 Å². The van der Waals surface area contributed by atoms with Crippen LogP contribution in [0, 0.1) is 0 Å². The van der Waals surface area contributed by atoms with Crippen LogP contribution in [0.5, 0.6) is 17.2 Å². The summed E-state index contributed by atoms with van der Waals surface area (Å²) in [5.74, 6) is 2.29. The number of ether oxygens (including phenoxy) is 3. The maximum Gasteiger partial charge on any atom is 0.166 e. The summed E-state index contributed by atoms with van der Waals surface area (Å²) in [5.41, 5.74) is 3.15. The molecule has 3 rings (SSSR count). The summed E-state index contributed by atoms with van der Waals surface area (Å²) in [7, 11) is 3.31. The minimum absolute atomic E-state index is 0.380. The van der Waals surface area contributed by atoms with Crippen molar-refractivity contribution < 1.29 is 14.2 Å². The fourth-order valence-electron chi connectivity index (χ4n) is 2.88. The van der Waals surface area contributed by atoms with Gasteiger partial charge in [-0.05, 0) is 29.8 Å². The Balaban J connectivity index is 1.67. The molecule has 4 nitrogen and oxygen atoms in total. The van der Waals surface area contributed by atoms with Crippen molar-refractivity contribution in [2.24, 2.45) is 0 Å². The molecule has 0 amide bonds. The maximum atomic E-state index is 6.24. The molecular formula is C23H24ClNO3. The van der Waals surface area contributed by atoms with E-state index in [2.05, 4.69) is 5.32 Å². The van der Waals surface area contributed by atoms with Gasteiger partial charge in [0, 0.05) is 29.2 Å². The molecule has 0 aliphatic heterocycles. The highest BCUT2D eigenvalue weighted by Crippen LogP contribution is 2.32. The molecule has 0 aliphatic rings. The first-order chi connectivity index (χ1) is 13.7. The third-order valence-electron chi connectivity index (χ3n) is 4.41. The Labute approximate surface area is 171 Å². The number of rotatable bonds is 9. The number of halogens is 1. The molecule has 0 heterocycles. The van der Waals surface area contributed by atoms with E-state index in [0.717, 1.165) is 29.2 Å². The van der Waals surface area contributed by atoms with Crippen LogP contribution in [0.4, 0.5) is 0 Å². The third-order valence-corrected chi connectivity index (χ3v) is 4.78. The van der Waals surface area contributed by atoms with Gasteiger partial charge in [-0.2, -0.15) is 0 Å². The summed E-state index contributed by atoms with van der Waals surface area (Å²) < 4.78 is 16.8. The zero-order chi connectivity index (χ0) is 19.8. The average Bonchev–Trinajstić information content (AvgIpc) is 2.74. The van der Waals surface area contributed by atoms with Crippen molar-refractivity contribution in [3.63, 3.8) is 0 Å². The van der Waals surface area contributed by atoms with Gasteiger partial charge >= 0.3 is 0 Å². The molecule has 0 saturated heterocycles.